The van der Waals surface area contributed by atoms with Crippen LogP contribution in [0.3, 0.4) is 0 Å². The second kappa shape index (κ2) is 3.51. The van der Waals surface area contributed by atoms with Crippen molar-refractivity contribution in [2.24, 2.45) is 0 Å². The van der Waals surface area contributed by atoms with E-state index in [1.807, 2.05) is 12.3 Å². The highest BCUT2D eigenvalue weighted by atomic mass is 14.9. The summed E-state index contributed by atoms with van der Waals surface area (Å²) in [6, 6.07) is 4.01. The summed E-state index contributed by atoms with van der Waals surface area (Å²) in [5.41, 5.74) is 4.77. The molecule has 0 saturated carbocycles. The smallest absolute Gasteiger partial charge is 0.0954 e. The van der Waals surface area contributed by atoms with Crippen LogP contribution in [0, 0.1) is 0 Å². The summed E-state index contributed by atoms with van der Waals surface area (Å²) in [5, 5.41) is 3.38. The number of hydrogen-bond donors (Lipinski definition) is 2. The van der Waals surface area contributed by atoms with Gasteiger partial charge in [0.1, 0.15) is 0 Å². The lowest BCUT2D eigenvalue weighted by molar-refractivity contribution is 0.739. The third-order valence-electron chi connectivity index (χ3n) is 2.81. The fraction of sp³-hybridized carbons (Fsp3) is 0.250. The first-order valence-corrected chi connectivity index (χ1v) is 5.27. The molecule has 0 atom stereocenters. The van der Waals surface area contributed by atoms with Gasteiger partial charge in [-0.1, -0.05) is 6.08 Å². The van der Waals surface area contributed by atoms with Crippen LogP contribution in [-0.4, -0.2) is 23.1 Å². The molecule has 0 bridgehead atoms. The average Bonchev–Trinajstić information content (AvgIpc) is 2.74. The third kappa shape index (κ3) is 1.45. The Balaban J connectivity index is 2.14. The highest BCUT2D eigenvalue weighted by Gasteiger charge is 2.10. The number of nitrogens with one attached hydrogen (secondary N) is 2. The quantitative estimate of drug-likeness (QED) is 0.737. The second-order valence-corrected chi connectivity index (χ2v) is 3.80. The molecule has 3 heterocycles. The first kappa shape index (κ1) is 8.68. The van der Waals surface area contributed by atoms with Gasteiger partial charge in [0, 0.05) is 24.5 Å². The zero-order chi connectivity index (χ0) is 10.1. The Morgan fingerprint density at radius 2 is 2.33 bits per heavy atom. The summed E-state index contributed by atoms with van der Waals surface area (Å²) < 4.78 is 0. The molecule has 2 aromatic rings. The number of pyridine rings is 1. The molecule has 0 fully saturated rings. The van der Waals surface area contributed by atoms with E-state index in [4.69, 9.17) is 0 Å². The van der Waals surface area contributed by atoms with E-state index in [0.717, 1.165) is 30.5 Å². The van der Waals surface area contributed by atoms with Gasteiger partial charge in [-0.15, -0.1) is 0 Å². The number of nitrogens with zero attached hydrogens (tertiary/aromatic N) is 1. The Morgan fingerprint density at radius 1 is 1.33 bits per heavy atom. The average molecular weight is 199 g/mol. The van der Waals surface area contributed by atoms with Crippen molar-refractivity contribution in [1.82, 2.24) is 15.3 Å². The second-order valence-electron chi connectivity index (χ2n) is 3.80. The topological polar surface area (TPSA) is 40.7 Å². The molecule has 0 unspecified atom stereocenters. The summed E-state index contributed by atoms with van der Waals surface area (Å²) in [4.78, 5) is 7.67. The molecular formula is C12H13N3. The van der Waals surface area contributed by atoms with Crippen molar-refractivity contribution in [3.05, 3.63) is 36.2 Å². The van der Waals surface area contributed by atoms with Crippen molar-refractivity contribution in [3.8, 4) is 0 Å². The van der Waals surface area contributed by atoms with Crippen LogP contribution in [0.2, 0.25) is 0 Å². The Labute approximate surface area is 88.2 Å². The van der Waals surface area contributed by atoms with Crippen LogP contribution in [0.5, 0.6) is 0 Å². The molecule has 3 heteroatoms. The molecule has 1 aliphatic rings. The van der Waals surface area contributed by atoms with Crippen LogP contribution < -0.4 is 5.32 Å². The monoisotopic (exact) mass is 199 g/mol. The van der Waals surface area contributed by atoms with Gasteiger partial charge in [-0.3, -0.25) is 4.98 Å². The fourth-order valence-corrected chi connectivity index (χ4v) is 2.05. The molecular weight excluding hydrogens is 186 g/mol. The summed E-state index contributed by atoms with van der Waals surface area (Å²) in [7, 11) is 0. The molecule has 0 spiro atoms. The van der Waals surface area contributed by atoms with E-state index in [0.29, 0.717) is 0 Å². The largest absolute Gasteiger partial charge is 0.359 e. The summed E-state index contributed by atoms with van der Waals surface area (Å²) in [6.07, 6.45) is 7.30. The molecule has 0 aliphatic carbocycles. The summed E-state index contributed by atoms with van der Waals surface area (Å²) >= 11 is 0. The Hall–Kier alpha value is -1.61. The van der Waals surface area contributed by atoms with Crippen LogP contribution in [0.15, 0.2) is 30.6 Å². The van der Waals surface area contributed by atoms with Crippen LogP contribution >= 0.6 is 0 Å². The Morgan fingerprint density at radius 3 is 3.20 bits per heavy atom. The molecule has 15 heavy (non-hydrogen) atoms. The normalized spacial score (nSPS) is 16.7. The molecule has 0 saturated heterocycles. The highest BCUT2D eigenvalue weighted by Crippen LogP contribution is 2.23. The summed E-state index contributed by atoms with van der Waals surface area (Å²) in [6.45, 7) is 2.03. The SMILES string of the molecule is C1=C(c2c[nH]c3cccnc23)CNCC1. The van der Waals surface area contributed by atoms with E-state index in [9.17, 15) is 0 Å². The molecule has 2 N–H and O–H groups in total. The van der Waals surface area contributed by atoms with E-state index in [2.05, 4.69) is 33.6 Å². The molecule has 0 amide bonds. The zero-order valence-corrected chi connectivity index (χ0v) is 8.46. The van der Waals surface area contributed by atoms with Crippen LogP contribution in [0.4, 0.5) is 0 Å². The van der Waals surface area contributed by atoms with E-state index in [1.165, 1.54) is 11.1 Å². The molecule has 1 aliphatic heterocycles. The van der Waals surface area contributed by atoms with Gasteiger partial charge in [-0.2, -0.15) is 0 Å². The van der Waals surface area contributed by atoms with E-state index >= 15 is 0 Å². The van der Waals surface area contributed by atoms with Gasteiger partial charge in [-0.05, 0) is 30.7 Å². The van der Waals surface area contributed by atoms with E-state index in [1.54, 1.807) is 0 Å². The molecule has 3 nitrogen and oxygen atoms in total. The first-order chi connectivity index (χ1) is 7.45. The minimum absolute atomic E-state index is 0.948. The lowest BCUT2D eigenvalue weighted by atomic mass is 10.0. The van der Waals surface area contributed by atoms with Gasteiger partial charge >= 0.3 is 0 Å². The number of aromatic nitrogens is 2. The minimum Gasteiger partial charge on any atom is -0.359 e. The molecule has 0 aromatic carbocycles. The minimum atomic E-state index is 0.948. The first-order valence-electron chi connectivity index (χ1n) is 5.27. The molecule has 3 rings (SSSR count). The van der Waals surface area contributed by atoms with Crippen molar-refractivity contribution < 1.29 is 0 Å². The maximum absolute atomic E-state index is 4.42. The maximum Gasteiger partial charge on any atom is 0.0954 e. The number of H-pyrrole nitrogens is 1. The van der Waals surface area contributed by atoms with Crippen molar-refractivity contribution in [3.63, 3.8) is 0 Å². The van der Waals surface area contributed by atoms with Crippen molar-refractivity contribution in [2.75, 3.05) is 13.1 Å². The molecule has 0 radical (unpaired) electrons. The zero-order valence-electron chi connectivity index (χ0n) is 8.46. The Bertz CT molecular complexity index is 510. The van der Waals surface area contributed by atoms with Gasteiger partial charge in [0.05, 0.1) is 11.0 Å². The number of fused-ring (bicyclic) bond motifs is 1. The van der Waals surface area contributed by atoms with Crippen LogP contribution in [0.25, 0.3) is 16.6 Å². The van der Waals surface area contributed by atoms with E-state index < -0.39 is 0 Å². The third-order valence-corrected chi connectivity index (χ3v) is 2.81. The van der Waals surface area contributed by atoms with Gasteiger partial charge in [-0.25, -0.2) is 0 Å². The molecule has 2 aromatic heterocycles. The lowest BCUT2D eigenvalue weighted by Gasteiger charge is -2.12. The summed E-state index contributed by atoms with van der Waals surface area (Å²) in [5.74, 6) is 0. The van der Waals surface area contributed by atoms with E-state index in [-0.39, 0.29) is 0 Å². The van der Waals surface area contributed by atoms with Crippen LogP contribution in [0.1, 0.15) is 12.0 Å². The predicted octanol–water partition coefficient (Wildman–Crippen LogP) is 1.94. The Kier molecular flexibility index (Phi) is 2.03. The number of rotatable bonds is 1. The predicted molar refractivity (Wildman–Crippen MR) is 61.6 cm³/mol. The van der Waals surface area contributed by atoms with Crippen LogP contribution in [-0.2, 0) is 0 Å². The lowest BCUT2D eigenvalue weighted by Crippen LogP contribution is -2.21. The standard InChI is InChI=1S/C12H13N3/c1-3-9(7-13-5-1)10-8-15-11-4-2-6-14-12(10)11/h2-4,6,8,13,15H,1,5,7H2. The van der Waals surface area contributed by atoms with Crippen molar-refractivity contribution in [2.45, 2.75) is 6.42 Å². The highest BCUT2D eigenvalue weighted by molar-refractivity contribution is 5.89. The van der Waals surface area contributed by atoms with Gasteiger partial charge in [0.25, 0.3) is 0 Å². The van der Waals surface area contributed by atoms with Crippen molar-refractivity contribution >= 4 is 16.6 Å². The van der Waals surface area contributed by atoms with Gasteiger partial charge < -0.3 is 10.3 Å². The number of aromatic amines is 1. The van der Waals surface area contributed by atoms with Crippen molar-refractivity contribution in [1.29, 1.82) is 0 Å². The number of hydrogen-bond acceptors (Lipinski definition) is 2. The molecule has 76 valence electrons. The maximum atomic E-state index is 4.42. The van der Waals surface area contributed by atoms with Gasteiger partial charge in [0.15, 0.2) is 0 Å². The van der Waals surface area contributed by atoms with Gasteiger partial charge in [0.2, 0.25) is 0 Å². The fourth-order valence-electron chi connectivity index (χ4n) is 2.05.